The zero-order valence-electron chi connectivity index (χ0n) is 14.6. The van der Waals surface area contributed by atoms with E-state index >= 15 is 0 Å². The molecule has 4 rings (SSSR count). The summed E-state index contributed by atoms with van der Waals surface area (Å²) in [6.45, 7) is 4.20. The molecular weight excluding hydrogens is 346 g/mol. The Labute approximate surface area is 154 Å². The highest BCUT2D eigenvalue weighted by molar-refractivity contribution is 7.13. The predicted octanol–water partition coefficient (Wildman–Crippen LogP) is 3.57. The maximum absolute atomic E-state index is 12.8. The van der Waals surface area contributed by atoms with E-state index in [2.05, 4.69) is 5.10 Å². The zero-order chi connectivity index (χ0) is 18.3. The number of fused-ring (bicyclic) bond motifs is 1. The van der Waals surface area contributed by atoms with Gasteiger partial charge in [0.05, 0.1) is 17.5 Å². The van der Waals surface area contributed by atoms with Gasteiger partial charge in [-0.1, -0.05) is 29.8 Å². The zero-order valence-corrected chi connectivity index (χ0v) is 15.4. The van der Waals surface area contributed by atoms with Gasteiger partial charge in [-0.2, -0.15) is 5.10 Å². The summed E-state index contributed by atoms with van der Waals surface area (Å²) in [5, 5.41) is 17.1. The molecule has 132 valence electrons. The van der Waals surface area contributed by atoms with Crippen LogP contribution in [0.4, 0.5) is 0 Å². The van der Waals surface area contributed by atoms with Gasteiger partial charge in [0.15, 0.2) is 0 Å². The smallest absolute Gasteiger partial charge is 0.276 e. The average molecular weight is 365 g/mol. The molecule has 0 radical (unpaired) electrons. The lowest BCUT2D eigenvalue weighted by atomic mass is 10.0. The van der Waals surface area contributed by atoms with Crippen LogP contribution in [0.15, 0.2) is 59.0 Å². The van der Waals surface area contributed by atoms with Gasteiger partial charge in [0.2, 0.25) is 0 Å². The number of rotatable bonds is 4. The van der Waals surface area contributed by atoms with Crippen LogP contribution < -0.4 is 5.56 Å². The van der Waals surface area contributed by atoms with E-state index < -0.39 is 6.10 Å². The number of aromatic nitrogens is 3. The highest BCUT2D eigenvalue weighted by Crippen LogP contribution is 2.24. The molecule has 0 amide bonds. The number of aliphatic hydroxyl groups excluding tert-OH is 1. The van der Waals surface area contributed by atoms with E-state index in [0.717, 1.165) is 27.3 Å². The minimum absolute atomic E-state index is 0.161. The second kappa shape index (κ2) is 6.55. The van der Waals surface area contributed by atoms with Crippen LogP contribution >= 0.6 is 11.3 Å². The molecule has 0 unspecified atom stereocenters. The van der Waals surface area contributed by atoms with Crippen molar-refractivity contribution in [3.63, 3.8) is 0 Å². The predicted molar refractivity (Wildman–Crippen MR) is 104 cm³/mol. The Bertz CT molecular complexity index is 1130. The Balaban J connectivity index is 1.68. The average Bonchev–Trinajstić information content (AvgIpc) is 3.26. The number of aryl methyl sites for hydroxylation is 2. The lowest BCUT2D eigenvalue weighted by Gasteiger charge is -2.16. The number of nitrogens with zero attached hydrogens (tertiary/aromatic N) is 3. The molecule has 26 heavy (non-hydrogen) atoms. The van der Waals surface area contributed by atoms with Gasteiger partial charge in [0.1, 0.15) is 11.2 Å². The van der Waals surface area contributed by atoms with E-state index in [0.29, 0.717) is 5.52 Å². The molecule has 5 nitrogen and oxygen atoms in total. The summed E-state index contributed by atoms with van der Waals surface area (Å²) in [6, 6.07) is 11.7. The van der Waals surface area contributed by atoms with Gasteiger partial charge in [0, 0.05) is 12.4 Å². The van der Waals surface area contributed by atoms with E-state index in [1.54, 1.807) is 38.9 Å². The number of thiophene rings is 1. The summed E-state index contributed by atoms with van der Waals surface area (Å²) in [5.41, 5.74) is 4.14. The molecule has 0 aliphatic carbocycles. The molecule has 0 aliphatic rings. The molecule has 1 aromatic carbocycles. The molecule has 0 aliphatic heterocycles. The van der Waals surface area contributed by atoms with Crippen molar-refractivity contribution in [3.8, 4) is 10.6 Å². The van der Waals surface area contributed by atoms with Crippen molar-refractivity contribution in [3.05, 3.63) is 81.2 Å². The summed E-state index contributed by atoms with van der Waals surface area (Å²) in [4.78, 5) is 13.8. The topological polar surface area (TPSA) is 59.5 Å². The molecule has 0 saturated heterocycles. The number of benzene rings is 1. The number of hydrogen-bond donors (Lipinski definition) is 1. The van der Waals surface area contributed by atoms with Crippen LogP contribution in [0.25, 0.3) is 16.1 Å². The highest BCUT2D eigenvalue weighted by Gasteiger charge is 2.14. The minimum atomic E-state index is -0.740. The van der Waals surface area contributed by atoms with Gasteiger partial charge in [-0.3, -0.25) is 4.79 Å². The highest BCUT2D eigenvalue weighted by atomic mass is 32.1. The first-order valence-corrected chi connectivity index (χ1v) is 9.29. The van der Waals surface area contributed by atoms with Crippen LogP contribution in [-0.2, 0) is 6.54 Å². The summed E-state index contributed by atoms with van der Waals surface area (Å²) in [6.07, 6.45) is 2.69. The van der Waals surface area contributed by atoms with Gasteiger partial charge >= 0.3 is 0 Å². The maximum Gasteiger partial charge on any atom is 0.276 e. The quantitative estimate of drug-likeness (QED) is 0.601. The van der Waals surface area contributed by atoms with Crippen molar-refractivity contribution in [2.75, 3.05) is 0 Å². The van der Waals surface area contributed by atoms with Crippen molar-refractivity contribution in [2.24, 2.45) is 0 Å². The van der Waals surface area contributed by atoms with E-state index in [-0.39, 0.29) is 12.1 Å². The van der Waals surface area contributed by atoms with Crippen LogP contribution in [-0.4, -0.2) is 19.3 Å². The van der Waals surface area contributed by atoms with Gasteiger partial charge in [-0.15, -0.1) is 11.3 Å². The van der Waals surface area contributed by atoms with Crippen molar-refractivity contribution in [2.45, 2.75) is 26.5 Å². The van der Waals surface area contributed by atoms with E-state index in [4.69, 9.17) is 0 Å². The fraction of sp³-hybridized carbons (Fsp3) is 0.200. The SMILES string of the molecule is Cc1ccc([C@H](O)Cn2ccn3nc(-c4cccs4)cc3c2=O)c(C)c1. The number of aliphatic hydroxyl groups is 1. The van der Waals surface area contributed by atoms with Crippen LogP contribution in [0.1, 0.15) is 22.8 Å². The van der Waals surface area contributed by atoms with E-state index in [1.807, 2.05) is 49.6 Å². The molecule has 6 heteroatoms. The molecular formula is C20H19N3O2S. The van der Waals surface area contributed by atoms with Crippen LogP contribution in [0.5, 0.6) is 0 Å². The standard InChI is InChI=1S/C20H19N3O2S/c1-13-5-6-15(14(2)10-13)18(24)12-22-7-8-23-17(20(22)25)11-16(21-23)19-4-3-9-26-19/h3-11,18,24H,12H2,1-2H3/t18-/m1/s1. The van der Waals surface area contributed by atoms with Crippen LogP contribution in [0, 0.1) is 13.8 Å². The van der Waals surface area contributed by atoms with Gasteiger partial charge in [0.25, 0.3) is 5.56 Å². The van der Waals surface area contributed by atoms with Crippen LogP contribution in [0.2, 0.25) is 0 Å². The fourth-order valence-electron chi connectivity index (χ4n) is 3.20. The summed E-state index contributed by atoms with van der Waals surface area (Å²) in [7, 11) is 0. The fourth-order valence-corrected chi connectivity index (χ4v) is 3.88. The molecule has 3 aromatic heterocycles. The Morgan fingerprint density at radius 1 is 1.19 bits per heavy atom. The molecule has 1 atom stereocenters. The third-order valence-corrected chi connectivity index (χ3v) is 5.42. The molecule has 0 saturated carbocycles. The molecule has 0 bridgehead atoms. The Hall–Kier alpha value is -2.70. The molecule has 0 spiro atoms. The van der Waals surface area contributed by atoms with E-state index in [1.165, 1.54) is 0 Å². The lowest BCUT2D eigenvalue weighted by molar-refractivity contribution is 0.154. The summed E-state index contributed by atoms with van der Waals surface area (Å²) < 4.78 is 3.14. The number of hydrogen-bond acceptors (Lipinski definition) is 4. The Kier molecular flexibility index (Phi) is 4.22. The van der Waals surface area contributed by atoms with Crippen LogP contribution in [0.3, 0.4) is 0 Å². The summed E-state index contributed by atoms with van der Waals surface area (Å²) in [5.74, 6) is 0. The monoisotopic (exact) mass is 365 g/mol. The molecule has 1 N–H and O–H groups in total. The second-order valence-electron chi connectivity index (χ2n) is 6.47. The normalized spacial score (nSPS) is 12.6. The first-order chi connectivity index (χ1) is 12.5. The second-order valence-corrected chi connectivity index (χ2v) is 7.42. The molecule has 4 aromatic rings. The van der Waals surface area contributed by atoms with Crippen molar-refractivity contribution in [1.82, 2.24) is 14.2 Å². The lowest BCUT2D eigenvalue weighted by Crippen LogP contribution is -2.24. The third kappa shape index (κ3) is 2.98. The Morgan fingerprint density at radius 3 is 2.77 bits per heavy atom. The summed E-state index contributed by atoms with van der Waals surface area (Å²) >= 11 is 1.59. The maximum atomic E-state index is 12.8. The van der Waals surface area contributed by atoms with Gasteiger partial charge < -0.3 is 9.67 Å². The van der Waals surface area contributed by atoms with Gasteiger partial charge in [-0.25, -0.2) is 4.52 Å². The first kappa shape index (κ1) is 16.8. The Morgan fingerprint density at radius 2 is 2.04 bits per heavy atom. The van der Waals surface area contributed by atoms with Crippen molar-refractivity contribution in [1.29, 1.82) is 0 Å². The van der Waals surface area contributed by atoms with E-state index in [9.17, 15) is 9.90 Å². The molecule has 0 fully saturated rings. The largest absolute Gasteiger partial charge is 0.387 e. The van der Waals surface area contributed by atoms with Crippen molar-refractivity contribution >= 4 is 16.9 Å². The van der Waals surface area contributed by atoms with Crippen molar-refractivity contribution < 1.29 is 5.11 Å². The third-order valence-electron chi connectivity index (χ3n) is 4.53. The first-order valence-electron chi connectivity index (χ1n) is 8.41. The molecule has 3 heterocycles. The van der Waals surface area contributed by atoms with Gasteiger partial charge in [-0.05, 0) is 42.5 Å². The minimum Gasteiger partial charge on any atom is -0.387 e.